The average molecular weight is 273 g/mol. The number of nitrogens with one attached hydrogen (secondary N) is 2. The van der Waals surface area contributed by atoms with E-state index < -0.39 is 0 Å². The van der Waals surface area contributed by atoms with Crippen molar-refractivity contribution in [2.75, 3.05) is 26.0 Å². The van der Waals surface area contributed by atoms with E-state index in [1.165, 1.54) is 24.8 Å². The van der Waals surface area contributed by atoms with Crippen molar-refractivity contribution < 1.29 is 4.79 Å². The minimum atomic E-state index is -0.119. The maximum atomic E-state index is 12.3. The number of carbonyl (C=O) groups is 1. The number of likely N-dealkylation sites (N-methyl/N-ethyl adjacent to an activating group) is 1. The molecule has 1 aromatic rings. The molecule has 1 heterocycles. The number of benzene rings is 1. The maximum absolute atomic E-state index is 12.3. The normalized spacial score (nSPS) is 22.9. The van der Waals surface area contributed by atoms with E-state index in [9.17, 15) is 4.79 Å². The molecule has 1 amide bonds. The fraction of sp³-hybridized carbons (Fsp3) is 0.562. The van der Waals surface area contributed by atoms with Crippen LogP contribution in [0.4, 0.5) is 5.69 Å². The first-order valence-electron chi connectivity index (χ1n) is 7.40. The molecule has 0 radical (unpaired) electrons. The number of fused-ring (bicyclic) bond motifs is 1. The molecule has 0 saturated heterocycles. The van der Waals surface area contributed by atoms with Crippen LogP contribution in [0.1, 0.15) is 24.8 Å². The number of amides is 1. The van der Waals surface area contributed by atoms with Crippen molar-refractivity contribution >= 4 is 11.6 Å². The highest BCUT2D eigenvalue weighted by atomic mass is 16.2. The molecule has 1 atom stereocenters. The van der Waals surface area contributed by atoms with Crippen molar-refractivity contribution in [2.24, 2.45) is 0 Å². The molecule has 1 saturated carbocycles. The van der Waals surface area contributed by atoms with Gasteiger partial charge in [0.05, 0.1) is 0 Å². The molecule has 2 aliphatic rings. The lowest BCUT2D eigenvalue weighted by Gasteiger charge is -2.47. The number of carbonyl (C=O) groups excluding carboxylic acids is 1. The lowest BCUT2D eigenvalue weighted by Crippen LogP contribution is -2.58. The quantitative estimate of drug-likeness (QED) is 0.876. The minimum absolute atomic E-state index is 0.119. The molecular formula is C16H23N3O. The molecule has 2 N–H and O–H groups in total. The number of rotatable bonds is 4. The van der Waals surface area contributed by atoms with Crippen LogP contribution >= 0.6 is 0 Å². The van der Waals surface area contributed by atoms with Crippen LogP contribution in [-0.2, 0) is 11.2 Å². The van der Waals surface area contributed by atoms with Gasteiger partial charge in [0, 0.05) is 24.2 Å². The van der Waals surface area contributed by atoms with E-state index in [2.05, 4.69) is 35.7 Å². The topological polar surface area (TPSA) is 44.4 Å². The Hall–Kier alpha value is -1.55. The molecule has 1 aliphatic carbocycles. The summed E-state index contributed by atoms with van der Waals surface area (Å²) in [6.07, 6.45) is 4.41. The summed E-state index contributed by atoms with van der Waals surface area (Å²) in [5.41, 5.74) is 2.51. The third kappa shape index (κ3) is 2.29. The number of hydrogen-bond donors (Lipinski definition) is 2. The van der Waals surface area contributed by atoms with E-state index in [0.29, 0.717) is 0 Å². The van der Waals surface area contributed by atoms with Crippen molar-refractivity contribution in [3.8, 4) is 0 Å². The second kappa shape index (κ2) is 5.09. The summed E-state index contributed by atoms with van der Waals surface area (Å²) < 4.78 is 0. The highest BCUT2D eigenvalue weighted by Crippen LogP contribution is 2.35. The second-order valence-electron chi connectivity index (χ2n) is 6.25. The lowest BCUT2D eigenvalue weighted by atomic mass is 9.75. The van der Waals surface area contributed by atoms with Crippen LogP contribution in [0.3, 0.4) is 0 Å². The Morgan fingerprint density at radius 3 is 2.75 bits per heavy atom. The van der Waals surface area contributed by atoms with Crippen molar-refractivity contribution in [1.29, 1.82) is 0 Å². The maximum Gasteiger partial charge on any atom is 0.242 e. The van der Waals surface area contributed by atoms with E-state index >= 15 is 0 Å². The van der Waals surface area contributed by atoms with Crippen LogP contribution in [0.25, 0.3) is 0 Å². The van der Waals surface area contributed by atoms with Gasteiger partial charge in [-0.2, -0.15) is 0 Å². The van der Waals surface area contributed by atoms with Gasteiger partial charge in [0.2, 0.25) is 5.91 Å². The van der Waals surface area contributed by atoms with Crippen LogP contribution < -0.4 is 10.6 Å². The summed E-state index contributed by atoms with van der Waals surface area (Å²) >= 11 is 0. The SMILES string of the molecule is CN(C)C1(CNC(=O)[C@@H]2Cc3ccccc3N2)CCC1. The van der Waals surface area contributed by atoms with Crippen LogP contribution in [-0.4, -0.2) is 43.0 Å². The molecular weight excluding hydrogens is 250 g/mol. The van der Waals surface area contributed by atoms with E-state index in [0.717, 1.165) is 18.7 Å². The molecule has 20 heavy (non-hydrogen) atoms. The molecule has 108 valence electrons. The number of nitrogens with zero attached hydrogens (tertiary/aromatic N) is 1. The smallest absolute Gasteiger partial charge is 0.242 e. The Morgan fingerprint density at radius 1 is 1.40 bits per heavy atom. The number of anilines is 1. The first kappa shape index (κ1) is 13.4. The van der Waals surface area contributed by atoms with Crippen molar-refractivity contribution in [1.82, 2.24) is 10.2 Å². The van der Waals surface area contributed by atoms with Gasteiger partial charge in [0.1, 0.15) is 6.04 Å². The third-order valence-corrected chi connectivity index (χ3v) is 4.91. The molecule has 3 rings (SSSR count). The van der Waals surface area contributed by atoms with E-state index in [1.54, 1.807) is 0 Å². The van der Waals surface area contributed by atoms with Crippen LogP contribution in [0.2, 0.25) is 0 Å². The summed E-state index contributed by atoms with van der Waals surface area (Å²) in [5, 5.41) is 6.45. The predicted octanol–water partition coefficient (Wildman–Crippen LogP) is 1.62. The molecule has 1 fully saturated rings. The molecule has 4 nitrogen and oxygen atoms in total. The van der Waals surface area contributed by atoms with Gasteiger partial charge in [0.15, 0.2) is 0 Å². The van der Waals surface area contributed by atoms with Crippen molar-refractivity contribution in [2.45, 2.75) is 37.3 Å². The molecule has 1 aromatic carbocycles. The van der Waals surface area contributed by atoms with Gasteiger partial charge in [0.25, 0.3) is 0 Å². The fourth-order valence-corrected chi connectivity index (χ4v) is 3.20. The minimum Gasteiger partial charge on any atom is -0.373 e. The standard InChI is InChI=1S/C16H23N3O/c1-19(2)16(8-5-9-16)11-17-15(20)14-10-12-6-3-4-7-13(12)18-14/h3-4,6-7,14,18H,5,8-11H2,1-2H3,(H,17,20)/t14-/m0/s1. The average Bonchev–Trinajstić information content (AvgIpc) is 2.80. The molecule has 0 unspecified atom stereocenters. The highest BCUT2D eigenvalue weighted by Gasteiger charge is 2.39. The zero-order valence-corrected chi connectivity index (χ0v) is 12.3. The zero-order chi connectivity index (χ0) is 14.2. The van der Waals surface area contributed by atoms with Gasteiger partial charge in [-0.1, -0.05) is 18.2 Å². The van der Waals surface area contributed by atoms with Crippen LogP contribution in [0.5, 0.6) is 0 Å². The number of hydrogen-bond acceptors (Lipinski definition) is 3. The lowest BCUT2D eigenvalue weighted by molar-refractivity contribution is -0.122. The summed E-state index contributed by atoms with van der Waals surface area (Å²) in [4.78, 5) is 14.6. The molecule has 0 aromatic heterocycles. The summed E-state index contributed by atoms with van der Waals surface area (Å²) in [5.74, 6) is 0.120. The molecule has 0 spiro atoms. The first-order chi connectivity index (χ1) is 9.61. The largest absolute Gasteiger partial charge is 0.373 e. The van der Waals surface area contributed by atoms with E-state index in [1.807, 2.05) is 18.2 Å². The van der Waals surface area contributed by atoms with Crippen LogP contribution in [0, 0.1) is 0 Å². The molecule has 4 heteroatoms. The second-order valence-corrected chi connectivity index (χ2v) is 6.25. The Labute approximate surface area is 120 Å². The summed E-state index contributed by atoms with van der Waals surface area (Å²) in [6.45, 7) is 0.757. The van der Waals surface area contributed by atoms with Gasteiger partial charge < -0.3 is 15.5 Å². The Morgan fingerprint density at radius 2 is 2.15 bits per heavy atom. The number of para-hydroxylation sites is 1. The highest BCUT2D eigenvalue weighted by molar-refractivity contribution is 5.87. The van der Waals surface area contributed by atoms with E-state index in [-0.39, 0.29) is 17.5 Å². The predicted molar refractivity (Wildman–Crippen MR) is 80.8 cm³/mol. The third-order valence-electron chi connectivity index (χ3n) is 4.91. The van der Waals surface area contributed by atoms with Gasteiger partial charge in [-0.05, 0) is 45.0 Å². The van der Waals surface area contributed by atoms with Crippen LogP contribution in [0.15, 0.2) is 24.3 Å². The zero-order valence-electron chi connectivity index (χ0n) is 12.3. The monoisotopic (exact) mass is 273 g/mol. The van der Waals surface area contributed by atoms with E-state index in [4.69, 9.17) is 0 Å². The van der Waals surface area contributed by atoms with Crippen molar-refractivity contribution in [3.63, 3.8) is 0 Å². The summed E-state index contributed by atoms with van der Waals surface area (Å²) in [7, 11) is 4.21. The Balaban J connectivity index is 1.56. The van der Waals surface area contributed by atoms with Gasteiger partial charge in [-0.15, -0.1) is 0 Å². The van der Waals surface area contributed by atoms with Crippen molar-refractivity contribution in [3.05, 3.63) is 29.8 Å². The molecule has 1 aliphatic heterocycles. The van der Waals surface area contributed by atoms with Gasteiger partial charge >= 0.3 is 0 Å². The first-order valence-corrected chi connectivity index (χ1v) is 7.40. The Bertz CT molecular complexity index is 483. The fourth-order valence-electron chi connectivity index (χ4n) is 3.20. The molecule has 0 bridgehead atoms. The van der Waals surface area contributed by atoms with Gasteiger partial charge in [-0.3, -0.25) is 4.79 Å². The summed E-state index contributed by atoms with van der Waals surface area (Å²) in [6, 6.07) is 8.03. The Kier molecular flexibility index (Phi) is 3.42. The van der Waals surface area contributed by atoms with Gasteiger partial charge in [-0.25, -0.2) is 0 Å².